The molecule has 1 aliphatic rings. The summed E-state index contributed by atoms with van der Waals surface area (Å²) in [4.78, 5) is 16.3. The van der Waals surface area contributed by atoms with Crippen LogP contribution in [0.4, 0.5) is 0 Å². The van der Waals surface area contributed by atoms with Crippen molar-refractivity contribution in [2.45, 2.75) is 38.0 Å². The average molecular weight is 421 g/mol. The highest BCUT2D eigenvalue weighted by atomic mass is 16.3. The van der Waals surface area contributed by atoms with Crippen molar-refractivity contribution in [1.82, 2.24) is 30.6 Å². The average Bonchev–Trinajstić information content (AvgIpc) is 3.49. The minimum absolute atomic E-state index is 0.00684. The molecule has 3 atom stereocenters. The van der Waals surface area contributed by atoms with Gasteiger partial charge in [0.25, 0.3) is 0 Å². The van der Waals surface area contributed by atoms with Gasteiger partial charge in [-0.05, 0) is 54.8 Å². The third-order valence-electron chi connectivity index (χ3n) is 5.97. The molecular formula is C23H28N6O2. The van der Waals surface area contributed by atoms with E-state index >= 15 is 0 Å². The molecule has 162 valence electrons. The summed E-state index contributed by atoms with van der Waals surface area (Å²) in [6, 6.07) is 12.5. The molecule has 8 heteroatoms. The summed E-state index contributed by atoms with van der Waals surface area (Å²) in [6.07, 6.45) is 0.976. The van der Waals surface area contributed by atoms with Crippen LogP contribution in [0.5, 0.6) is 0 Å². The molecule has 0 radical (unpaired) electrons. The van der Waals surface area contributed by atoms with E-state index in [0.717, 1.165) is 51.4 Å². The van der Waals surface area contributed by atoms with Crippen molar-refractivity contribution in [3.05, 3.63) is 48.0 Å². The minimum atomic E-state index is -0.316. The SMILES string of the molecule is CCN[C@@H](CCO)c1nc2cc(-c3ccc4[nH]c([C@@H]5C[C@@H](O)CN5)nc4c3)ccc2[nH]1. The van der Waals surface area contributed by atoms with E-state index in [4.69, 9.17) is 9.97 Å². The maximum absolute atomic E-state index is 9.78. The summed E-state index contributed by atoms with van der Waals surface area (Å²) in [5.74, 6) is 1.72. The van der Waals surface area contributed by atoms with Crippen LogP contribution in [-0.2, 0) is 0 Å². The first-order chi connectivity index (χ1) is 15.1. The van der Waals surface area contributed by atoms with Crippen LogP contribution in [0.1, 0.15) is 43.5 Å². The second-order valence-corrected chi connectivity index (χ2v) is 8.18. The Kier molecular flexibility index (Phi) is 5.45. The van der Waals surface area contributed by atoms with Crippen LogP contribution in [0.25, 0.3) is 33.2 Å². The molecule has 0 bridgehead atoms. The Hall–Kier alpha value is -2.78. The van der Waals surface area contributed by atoms with Crippen LogP contribution in [0.15, 0.2) is 36.4 Å². The summed E-state index contributed by atoms with van der Waals surface area (Å²) in [5, 5.41) is 25.8. The number of aliphatic hydroxyl groups is 2. The molecule has 4 aromatic rings. The standard InChI is InChI=1S/C23H28N6O2/c1-2-24-18(7-8-30)22-26-16-5-3-13(9-19(16)28-22)14-4-6-17-20(10-14)29-23(27-17)21-11-15(31)12-25-21/h3-6,9-10,15,18,21,24-25,30-31H,2,7-8,11-12H2,1H3,(H,26,28)(H,27,29)/t15-,18+,21+/m1/s1. The van der Waals surface area contributed by atoms with Gasteiger partial charge in [-0.2, -0.15) is 0 Å². The Bertz CT molecular complexity index is 1190. The van der Waals surface area contributed by atoms with Crippen LogP contribution in [-0.4, -0.2) is 55.9 Å². The largest absolute Gasteiger partial charge is 0.396 e. The molecule has 1 aliphatic heterocycles. The van der Waals surface area contributed by atoms with Gasteiger partial charge in [0.2, 0.25) is 0 Å². The molecule has 8 nitrogen and oxygen atoms in total. The lowest BCUT2D eigenvalue weighted by Gasteiger charge is -2.13. The van der Waals surface area contributed by atoms with Crippen LogP contribution >= 0.6 is 0 Å². The smallest absolute Gasteiger partial charge is 0.124 e. The number of hydrogen-bond acceptors (Lipinski definition) is 6. The summed E-state index contributed by atoms with van der Waals surface area (Å²) in [5.41, 5.74) is 5.94. The van der Waals surface area contributed by atoms with Gasteiger partial charge >= 0.3 is 0 Å². The number of fused-ring (bicyclic) bond motifs is 2. The van der Waals surface area contributed by atoms with Gasteiger partial charge in [0.05, 0.1) is 40.3 Å². The molecule has 0 aliphatic carbocycles. The molecule has 0 spiro atoms. The van der Waals surface area contributed by atoms with E-state index in [1.165, 1.54) is 0 Å². The molecule has 0 saturated carbocycles. The van der Waals surface area contributed by atoms with Gasteiger partial charge in [-0.15, -0.1) is 0 Å². The van der Waals surface area contributed by atoms with Crippen molar-refractivity contribution >= 4 is 22.1 Å². The van der Waals surface area contributed by atoms with E-state index in [9.17, 15) is 10.2 Å². The van der Waals surface area contributed by atoms with Crippen LogP contribution in [0.3, 0.4) is 0 Å². The fourth-order valence-electron chi connectivity index (χ4n) is 4.38. The lowest BCUT2D eigenvalue weighted by molar-refractivity contribution is 0.193. The molecule has 1 saturated heterocycles. The quantitative estimate of drug-likeness (QED) is 0.273. The van der Waals surface area contributed by atoms with Gasteiger partial charge in [-0.3, -0.25) is 0 Å². The van der Waals surface area contributed by atoms with E-state index in [0.29, 0.717) is 19.4 Å². The summed E-state index contributed by atoms with van der Waals surface area (Å²) >= 11 is 0. The van der Waals surface area contributed by atoms with Gasteiger partial charge in [-0.1, -0.05) is 19.1 Å². The van der Waals surface area contributed by atoms with Crippen LogP contribution in [0.2, 0.25) is 0 Å². The number of H-pyrrole nitrogens is 2. The Morgan fingerprint density at radius 3 is 2.42 bits per heavy atom. The van der Waals surface area contributed by atoms with Crippen LogP contribution < -0.4 is 10.6 Å². The zero-order valence-electron chi connectivity index (χ0n) is 17.5. The van der Waals surface area contributed by atoms with Gasteiger partial charge < -0.3 is 30.8 Å². The number of imidazole rings is 2. The predicted octanol–water partition coefficient (Wildman–Crippen LogP) is 2.53. The van der Waals surface area contributed by atoms with Gasteiger partial charge in [0.15, 0.2) is 0 Å². The molecule has 0 amide bonds. The Balaban J connectivity index is 1.45. The molecule has 0 unspecified atom stereocenters. The number of aromatic amines is 2. The fourth-order valence-corrected chi connectivity index (χ4v) is 4.38. The highest BCUT2D eigenvalue weighted by Crippen LogP contribution is 2.29. The Morgan fingerprint density at radius 1 is 1.06 bits per heavy atom. The molecule has 1 fully saturated rings. The summed E-state index contributed by atoms with van der Waals surface area (Å²) < 4.78 is 0. The van der Waals surface area contributed by atoms with Gasteiger partial charge in [0, 0.05) is 13.2 Å². The zero-order valence-corrected chi connectivity index (χ0v) is 17.5. The molecule has 3 heterocycles. The highest BCUT2D eigenvalue weighted by Gasteiger charge is 2.26. The monoisotopic (exact) mass is 420 g/mol. The number of benzene rings is 2. The maximum atomic E-state index is 9.78. The zero-order chi connectivity index (χ0) is 21.4. The molecule has 5 rings (SSSR count). The fraction of sp³-hybridized carbons (Fsp3) is 0.391. The highest BCUT2D eigenvalue weighted by molar-refractivity contribution is 5.86. The van der Waals surface area contributed by atoms with Crippen molar-refractivity contribution in [2.75, 3.05) is 19.7 Å². The van der Waals surface area contributed by atoms with E-state index in [1.807, 2.05) is 13.0 Å². The third kappa shape index (κ3) is 3.95. The van der Waals surface area contributed by atoms with Gasteiger partial charge in [0.1, 0.15) is 11.6 Å². The Labute approximate surface area is 180 Å². The van der Waals surface area contributed by atoms with E-state index in [-0.39, 0.29) is 24.8 Å². The number of nitrogens with zero attached hydrogens (tertiary/aromatic N) is 2. The number of β-amino-alcohol motifs (C(OH)–C–C–N with tert-alkyl or cyclic N) is 1. The first-order valence-corrected chi connectivity index (χ1v) is 10.9. The molecule has 31 heavy (non-hydrogen) atoms. The first-order valence-electron chi connectivity index (χ1n) is 10.9. The number of rotatable bonds is 7. The van der Waals surface area contributed by atoms with Crippen molar-refractivity contribution in [2.24, 2.45) is 0 Å². The van der Waals surface area contributed by atoms with Gasteiger partial charge in [-0.25, -0.2) is 9.97 Å². The molecular weight excluding hydrogens is 392 g/mol. The lowest BCUT2D eigenvalue weighted by Crippen LogP contribution is -2.22. The van der Waals surface area contributed by atoms with E-state index < -0.39 is 0 Å². The second-order valence-electron chi connectivity index (χ2n) is 8.18. The van der Waals surface area contributed by atoms with Crippen molar-refractivity contribution < 1.29 is 10.2 Å². The minimum Gasteiger partial charge on any atom is -0.396 e. The van der Waals surface area contributed by atoms with E-state index in [1.54, 1.807) is 0 Å². The normalized spacial score (nSPS) is 20.1. The number of hydrogen-bond donors (Lipinski definition) is 6. The second kappa shape index (κ2) is 8.39. The van der Waals surface area contributed by atoms with Crippen molar-refractivity contribution in [3.63, 3.8) is 0 Å². The number of aliphatic hydroxyl groups excluding tert-OH is 2. The summed E-state index contributed by atoms with van der Waals surface area (Å²) in [7, 11) is 0. The predicted molar refractivity (Wildman–Crippen MR) is 121 cm³/mol. The number of nitrogens with one attached hydrogen (secondary N) is 4. The summed E-state index contributed by atoms with van der Waals surface area (Å²) in [6.45, 7) is 3.58. The first kappa shape index (κ1) is 20.1. The number of aromatic nitrogens is 4. The molecule has 2 aromatic carbocycles. The molecule has 2 aromatic heterocycles. The van der Waals surface area contributed by atoms with E-state index in [2.05, 4.69) is 50.9 Å². The molecule has 6 N–H and O–H groups in total. The van der Waals surface area contributed by atoms with Crippen molar-refractivity contribution in [1.29, 1.82) is 0 Å². The third-order valence-corrected chi connectivity index (χ3v) is 5.97. The van der Waals surface area contributed by atoms with Crippen molar-refractivity contribution in [3.8, 4) is 11.1 Å². The Morgan fingerprint density at radius 2 is 1.77 bits per heavy atom. The maximum Gasteiger partial charge on any atom is 0.124 e. The van der Waals surface area contributed by atoms with Crippen LogP contribution in [0, 0.1) is 0 Å². The topological polar surface area (TPSA) is 122 Å². The lowest BCUT2D eigenvalue weighted by atomic mass is 10.0.